The average Bonchev–Trinajstić information content (AvgIpc) is 3.57. The molecule has 4 heterocycles. The Hall–Kier alpha value is -2.73. The maximum atomic E-state index is 13.9. The van der Waals surface area contributed by atoms with Crippen LogP contribution >= 0.6 is 27.3 Å². The van der Waals surface area contributed by atoms with Gasteiger partial charge in [-0.25, -0.2) is 9.97 Å². The highest BCUT2D eigenvalue weighted by molar-refractivity contribution is 9.10. The van der Waals surface area contributed by atoms with Crippen LogP contribution < -0.4 is 5.32 Å². The Morgan fingerprint density at radius 1 is 1.37 bits per heavy atom. The van der Waals surface area contributed by atoms with E-state index in [0.29, 0.717) is 27.3 Å². The topological polar surface area (TPSA) is 77.6 Å². The lowest BCUT2D eigenvalue weighted by molar-refractivity contribution is -0.136. The summed E-state index contributed by atoms with van der Waals surface area (Å²) in [6.07, 6.45) is 2.48. The fraction of sp³-hybridized carbons (Fsp3) is 0.391. The third-order valence-corrected chi connectivity index (χ3v) is 8.40. The number of benzene rings is 1. The number of thiazole rings is 1. The molecule has 1 N–H and O–H groups in total. The van der Waals surface area contributed by atoms with Crippen molar-refractivity contribution in [2.75, 3.05) is 5.32 Å². The lowest BCUT2D eigenvalue weighted by Gasteiger charge is -2.24. The van der Waals surface area contributed by atoms with Gasteiger partial charge in [-0.05, 0) is 44.7 Å². The van der Waals surface area contributed by atoms with E-state index in [9.17, 15) is 18.0 Å². The van der Waals surface area contributed by atoms with Crippen LogP contribution in [0.4, 0.5) is 18.3 Å². The van der Waals surface area contributed by atoms with E-state index < -0.39 is 23.7 Å². The molecule has 1 aliphatic rings. The van der Waals surface area contributed by atoms with Crippen molar-refractivity contribution in [3.8, 4) is 0 Å². The number of alkyl halides is 3. The Morgan fingerprint density at radius 2 is 2.14 bits per heavy atom. The van der Waals surface area contributed by atoms with E-state index in [0.717, 1.165) is 24.6 Å². The van der Waals surface area contributed by atoms with Gasteiger partial charge in [-0.3, -0.25) is 14.8 Å². The highest BCUT2D eigenvalue weighted by Gasteiger charge is 2.40. The van der Waals surface area contributed by atoms with Gasteiger partial charge in [-0.2, -0.15) is 18.3 Å². The largest absolute Gasteiger partial charge is 0.417 e. The second-order valence-electron chi connectivity index (χ2n) is 8.93. The Bertz CT molecular complexity index is 1430. The van der Waals surface area contributed by atoms with Crippen LogP contribution in [0.2, 0.25) is 0 Å². The molecule has 1 aliphatic heterocycles. The van der Waals surface area contributed by atoms with Gasteiger partial charge in [0.25, 0.3) is 5.91 Å². The highest BCUT2D eigenvalue weighted by Crippen LogP contribution is 2.41. The second-order valence-corrected chi connectivity index (χ2v) is 10.7. The fourth-order valence-corrected chi connectivity index (χ4v) is 5.62. The number of halogens is 4. The molecule has 0 saturated carbocycles. The number of imidazole rings is 1. The number of aryl methyl sites for hydroxylation is 1. The molecule has 35 heavy (non-hydrogen) atoms. The number of carbonyl (C=O) groups excluding carboxylic acids is 1. The van der Waals surface area contributed by atoms with E-state index in [1.165, 1.54) is 22.2 Å². The summed E-state index contributed by atoms with van der Waals surface area (Å²) >= 11 is 4.48. The average molecular weight is 567 g/mol. The quantitative estimate of drug-likeness (QED) is 0.317. The molecule has 0 spiro atoms. The number of nitrogens with zero attached hydrogens (tertiary/aromatic N) is 5. The maximum Gasteiger partial charge on any atom is 0.417 e. The van der Waals surface area contributed by atoms with Crippen molar-refractivity contribution in [1.82, 2.24) is 24.3 Å². The second kappa shape index (κ2) is 8.44. The van der Waals surface area contributed by atoms with E-state index in [1.54, 1.807) is 24.8 Å². The van der Waals surface area contributed by atoms with Crippen LogP contribution in [0.5, 0.6) is 0 Å². The summed E-state index contributed by atoms with van der Waals surface area (Å²) in [4.78, 5) is 22.3. The van der Waals surface area contributed by atoms with E-state index in [1.807, 2.05) is 0 Å². The van der Waals surface area contributed by atoms with Gasteiger partial charge < -0.3 is 4.57 Å². The molecule has 4 aromatic rings. The minimum absolute atomic E-state index is 0.0699. The first kappa shape index (κ1) is 24.0. The lowest BCUT2D eigenvalue weighted by Crippen LogP contribution is -2.28. The molecule has 12 heteroatoms. The lowest BCUT2D eigenvalue weighted by atomic mass is 9.96. The number of amides is 1. The van der Waals surface area contributed by atoms with Crippen molar-refractivity contribution in [1.29, 1.82) is 0 Å². The molecule has 7 nitrogen and oxygen atoms in total. The van der Waals surface area contributed by atoms with Crippen LogP contribution in [0.3, 0.4) is 0 Å². The molecule has 0 fully saturated rings. The summed E-state index contributed by atoms with van der Waals surface area (Å²) < 4.78 is 45.3. The van der Waals surface area contributed by atoms with Crippen molar-refractivity contribution in [3.63, 3.8) is 0 Å². The molecule has 0 saturated heterocycles. The Kier molecular flexibility index (Phi) is 5.78. The van der Waals surface area contributed by atoms with Crippen LogP contribution in [0.25, 0.3) is 10.9 Å². The third-order valence-electron chi connectivity index (χ3n) is 6.89. The van der Waals surface area contributed by atoms with Gasteiger partial charge in [0.05, 0.1) is 23.1 Å². The molecule has 3 aromatic heterocycles. The Balaban J connectivity index is 1.70. The number of nitrogens with one attached hydrogen (secondary N) is 1. The SMILES string of the molecule is CCC1(C)CCc2c(C(C(=O)Nc3nccs3)n3cc4c(C(F)(F)F)cc(Br)c(C)c4n3)ncn21. The van der Waals surface area contributed by atoms with Crippen molar-refractivity contribution in [2.24, 2.45) is 0 Å². The van der Waals surface area contributed by atoms with Gasteiger partial charge in [0, 0.05) is 38.9 Å². The zero-order valence-corrected chi connectivity index (χ0v) is 21.6. The number of aromatic nitrogens is 5. The van der Waals surface area contributed by atoms with Gasteiger partial charge >= 0.3 is 6.18 Å². The monoisotopic (exact) mass is 566 g/mol. The minimum atomic E-state index is -4.58. The minimum Gasteiger partial charge on any atom is -0.328 e. The van der Waals surface area contributed by atoms with Crippen molar-refractivity contribution in [2.45, 2.75) is 57.8 Å². The molecule has 2 unspecified atom stereocenters. The predicted octanol–water partition coefficient (Wildman–Crippen LogP) is 6.08. The summed E-state index contributed by atoms with van der Waals surface area (Å²) in [5.74, 6) is -0.468. The molecule has 1 amide bonds. The van der Waals surface area contributed by atoms with E-state index in [-0.39, 0.29) is 16.4 Å². The summed E-state index contributed by atoms with van der Waals surface area (Å²) in [5, 5.41) is 9.32. The molecule has 5 rings (SSSR count). The summed E-state index contributed by atoms with van der Waals surface area (Å²) in [6.45, 7) is 5.93. The van der Waals surface area contributed by atoms with Gasteiger partial charge in [-0.1, -0.05) is 22.9 Å². The third kappa shape index (κ3) is 3.96. The zero-order chi connectivity index (χ0) is 25.1. The molecular weight excluding hydrogens is 545 g/mol. The van der Waals surface area contributed by atoms with E-state index in [4.69, 9.17) is 0 Å². The number of carbonyl (C=O) groups is 1. The van der Waals surface area contributed by atoms with Gasteiger partial charge in [0.15, 0.2) is 11.2 Å². The van der Waals surface area contributed by atoms with Gasteiger partial charge in [0.2, 0.25) is 0 Å². The normalized spacial score (nSPS) is 18.7. The molecule has 0 bridgehead atoms. The van der Waals surface area contributed by atoms with Crippen LogP contribution in [-0.2, 0) is 22.9 Å². The van der Waals surface area contributed by atoms with Crippen molar-refractivity contribution < 1.29 is 18.0 Å². The van der Waals surface area contributed by atoms with Gasteiger partial charge in [0.1, 0.15) is 0 Å². The maximum absolute atomic E-state index is 13.9. The van der Waals surface area contributed by atoms with Crippen LogP contribution in [0.1, 0.15) is 55.2 Å². The first-order valence-electron chi connectivity index (χ1n) is 11.1. The molecule has 1 aromatic carbocycles. The number of hydrogen-bond donors (Lipinski definition) is 1. The number of rotatable bonds is 5. The highest BCUT2D eigenvalue weighted by atomic mass is 79.9. The van der Waals surface area contributed by atoms with Crippen LogP contribution in [0, 0.1) is 6.92 Å². The van der Waals surface area contributed by atoms with Crippen molar-refractivity contribution in [3.05, 3.63) is 57.2 Å². The Labute approximate surface area is 211 Å². The van der Waals surface area contributed by atoms with Crippen LogP contribution in [0.15, 0.2) is 34.6 Å². The van der Waals surface area contributed by atoms with Crippen LogP contribution in [-0.4, -0.2) is 30.2 Å². The molecule has 2 atom stereocenters. The number of hydrogen-bond acceptors (Lipinski definition) is 5. The van der Waals surface area contributed by atoms with E-state index in [2.05, 4.69) is 54.7 Å². The smallest absolute Gasteiger partial charge is 0.328 e. The molecule has 184 valence electrons. The fourth-order valence-electron chi connectivity index (χ4n) is 4.67. The number of anilines is 1. The molecule has 0 aliphatic carbocycles. The molecule has 0 radical (unpaired) electrons. The first-order valence-corrected chi connectivity index (χ1v) is 12.7. The molecular formula is C23H22BrF3N6OS. The van der Waals surface area contributed by atoms with E-state index >= 15 is 0 Å². The van der Waals surface area contributed by atoms with Gasteiger partial charge in [-0.15, -0.1) is 11.3 Å². The van der Waals surface area contributed by atoms with Crippen molar-refractivity contribution >= 4 is 49.2 Å². The summed E-state index contributed by atoms with van der Waals surface area (Å²) in [7, 11) is 0. The standard InChI is InChI=1S/C23H22BrF3N6OS/c1-4-22(3)6-5-16-18(29-11-32(16)22)19(20(34)30-21-28-7-8-35-21)33-10-13-14(23(25,26)27)9-15(24)12(2)17(13)31-33/h7-11,19H,4-6H2,1-3H3,(H,28,30,34). The first-order chi connectivity index (χ1) is 16.5. The summed E-state index contributed by atoms with van der Waals surface area (Å²) in [5.41, 5.74) is 1.16. The Morgan fingerprint density at radius 3 is 2.80 bits per heavy atom. The number of fused-ring (bicyclic) bond motifs is 2. The predicted molar refractivity (Wildman–Crippen MR) is 131 cm³/mol. The summed E-state index contributed by atoms with van der Waals surface area (Å²) in [6, 6.07) is -0.0176. The zero-order valence-electron chi connectivity index (χ0n) is 19.1.